The van der Waals surface area contributed by atoms with Gasteiger partial charge in [-0.25, -0.2) is 9.07 Å². The zero-order valence-corrected chi connectivity index (χ0v) is 24.3. The summed E-state index contributed by atoms with van der Waals surface area (Å²) in [7, 11) is 0. The molecule has 0 bridgehead atoms. The number of benzene rings is 4. The Morgan fingerprint density at radius 3 is 2.43 bits per heavy atom. The number of carbonyl (C=O) groups excluding carboxylic acids is 1. The van der Waals surface area contributed by atoms with E-state index in [-0.39, 0.29) is 24.4 Å². The third-order valence-corrected chi connectivity index (χ3v) is 8.33. The van der Waals surface area contributed by atoms with Gasteiger partial charge in [-0.2, -0.15) is 5.10 Å². The van der Waals surface area contributed by atoms with Crippen LogP contribution in [0.2, 0.25) is 0 Å². The molecule has 0 aliphatic carbocycles. The fourth-order valence-electron chi connectivity index (χ4n) is 4.78. The molecule has 1 saturated heterocycles. The van der Waals surface area contributed by atoms with Gasteiger partial charge in [0, 0.05) is 22.9 Å². The van der Waals surface area contributed by atoms with Gasteiger partial charge in [0.05, 0.1) is 16.6 Å². The van der Waals surface area contributed by atoms with Crippen molar-refractivity contribution in [2.45, 2.75) is 19.6 Å². The molecule has 0 N–H and O–H groups in total. The van der Waals surface area contributed by atoms with Crippen LogP contribution in [0, 0.1) is 5.82 Å². The van der Waals surface area contributed by atoms with Gasteiger partial charge in [0.15, 0.2) is 0 Å². The van der Waals surface area contributed by atoms with E-state index < -0.39 is 0 Å². The van der Waals surface area contributed by atoms with Gasteiger partial charge in [-0.3, -0.25) is 9.69 Å². The summed E-state index contributed by atoms with van der Waals surface area (Å²) in [5.74, 6) is 0.136. The van der Waals surface area contributed by atoms with Gasteiger partial charge in [0.1, 0.15) is 28.2 Å². The van der Waals surface area contributed by atoms with E-state index in [2.05, 4.69) is 0 Å². The van der Waals surface area contributed by atoms with Gasteiger partial charge < -0.3 is 4.74 Å². The van der Waals surface area contributed by atoms with Crippen molar-refractivity contribution in [2.24, 2.45) is 0 Å². The zero-order valence-electron chi connectivity index (χ0n) is 22.7. The second-order valence-electron chi connectivity index (χ2n) is 9.76. The van der Waals surface area contributed by atoms with E-state index in [1.165, 1.54) is 17.8 Å². The van der Waals surface area contributed by atoms with Crippen LogP contribution in [0.3, 0.4) is 0 Å². The summed E-state index contributed by atoms with van der Waals surface area (Å²) in [4.78, 5) is 15.8. The molecule has 0 spiro atoms. The predicted octanol–water partition coefficient (Wildman–Crippen LogP) is 8.22. The largest absolute Gasteiger partial charge is 0.489 e. The molecule has 5 nitrogen and oxygen atoms in total. The zero-order chi connectivity index (χ0) is 29.1. The highest BCUT2D eigenvalue weighted by Crippen LogP contribution is 2.39. The molecule has 42 heavy (non-hydrogen) atoms. The molecule has 2 heterocycles. The normalized spacial score (nSPS) is 14.9. The first kappa shape index (κ1) is 27.6. The maximum Gasteiger partial charge on any atom is 0.266 e. The fraction of sp³-hybridized carbons (Fsp3) is 0.0882. The highest BCUT2D eigenvalue weighted by molar-refractivity contribution is 8.26. The van der Waals surface area contributed by atoms with Crippen molar-refractivity contribution in [3.8, 4) is 22.7 Å². The summed E-state index contributed by atoms with van der Waals surface area (Å²) in [5.41, 5.74) is 4.61. The molecule has 8 heteroatoms. The van der Waals surface area contributed by atoms with E-state index in [0.29, 0.717) is 26.2 Å². The number of ether oxygens (including phenoxy) is 1. The minimum Gasteiger partial charge on any atom is -0.489 e. The number of rotatable bonds is 8. The van der Waals surface area contributed by atoms with Crippen LogP contribution in [0.25, 0.3) is 23.0 Å². The molecule has 0 saturated carbocycles. The standard InChI is InChI=1S/C34H26FN3O2S2/c1-23(24-11-4-2-5-12-24)38-33(39)31(42-34(38)41)20-27-21-37(28-15-6-3-7-16-28)36-32(27)25-14-10-17-29(19-25)40-22-26-13-8-9-18-30(26)35/h2-21,23H,22H2,1H3. The van der Waals surface area contributed by atoms with Crippen molar-refractivity contribution in [1.82, 2.24) is 14.7 Å². The molecule has 1 aliphatic heterocycles. The van der Waals surface area contributed by atoms with Crippen molar-refractivity contribution in [3.05, 3.63) is 143 Å². The molecule has 1 atom stereocenters. The van der Waals surface area contributed by atoms with Crippen LogP contribution in [0.1, 0.15) is 29.7 Å². The molecule has 208 valence electrons. The summed E-state index contributed by atoms with van der Waals surface area (Å²) >= 11 is 6.94. The fourth-order valence-corrected chi connectivity index (χ4v) is 6.18. The molecule has 6 rings (SSSR count). The molecule has 1 aliphatic rings. The first-order valence-electron chi connectivity index (χ1n) is 13.4. The first-order chi connectivity index (χ1) is 20.5. The average molecular weight is 592 g/mol. The van der Waals surface area contributed by atoms with Crippen LogP contribution >= 0.6 is 24.0 Å². The second-order valence-corrected chi connectivity index (χ2v) is 11.4. The number of halogens is 1. The van der Waals surface area contributed by atoms with Crippen LogP contribution < -0.4 is 4.74 Å². The van der Waals surface area contributed by atoms with Crippen molar-refractivity contribution in [1.29, 1.82) is 0 Å². The van der Waals surface area contributed by atoms with Gasteiger partial charge in [0.25, 0.3) is 5.91 Å². The third kappa shape index (κ3) is 5.77. The Morgan fingerprint density at radius 2 is 1.67 bits per heavy atom. The van der Waals surface area contributed by atoms with Gasteiger partial charge in [-0.15, -0.1) is 0 Å². The quantitative estimate of drug-likeness (QED) is 0.134. The number of carbonyl (C=O) groups is 1. The van der Waals surface area contributed by atoms with E-state index in [0.717, 1.165) is 22.4 Å². The molecule has 4 aromatic carbocycles. The number of hydrogen-bond donors (Lipinski definition) is 0. The monoisotopic (exact) mass is 591 g/mol. The molecule has 1 unspecified atom stereocenters. The van der Waals surface area contributed by atoms with E-state index in [4.69, 9.17) is 22.1 Å². The summed E-state index contributed by atoms with van der Waals surface area (Å²) in [6.07, 6.45) is 3.76. The van der Waals surface area contributed by atoms with Gasteiger partial charge in [0.2, 0.25) is 0 Å². The van der Waals surface area contributed by atoms with Gasteiger partial charge in [-0.05, 0) is 48.9 Å². The van der Waals surface area contributed by atoms with E-state index >= 15 is 0 Å². The minimum atomic E-state index is -0.309. The Hall–Kier alpha value is -4.53. The third-order valence-electron chi connectivity index (χ3n) is 7.00. The van der Waals surface area contributed by atoms with Crippen molar-refractivity contribution < 1.29 is 13.9 Å². The predicted molar refractivity (Wildman–Crippen MR) is 170 cm³/mol. The molecular weight excluding hydrogens is 566 g/mol. The second kappa shape index (κ2) is 12.1. The van der Waals surface area contributed by atoms with Crippen molar-refractivity contribution in [2.75, 3.05) is 0 Å². The lowest BCUT2D eigenvalue weighted by molar-refractivity contribution is -0.123. The SMILES string of the molecule is CC(c1ccccc1)N1C(=O)C(=Cc2cn(-c3ccccc3)nc2-c2cccc(OCc3ccccc3F)c2)SC1=S. The number of nitrogens with zero attached hydrogens (tertiary/aromatic N) is 3. The highest BCUT2D eigenvalue weighted by Gasteiger charge is 2.36. The Bertz CT molecular complexity index is 1790. The number of thiocarbonyl (C=S) groups is 1. The lowest BCUT2D eigenvalue weighted by Gasteiger charge is -2.23. The van der Waals surface area contributed by atoms with Crippen molar-refractivity contribution in [3.63, 3.8) is 0 Å². The van der Waals surface area contributed by atoms with Gasteiger partial charge in [-0.1, -0.05) is 103 Å². The average Bonchev–Trinajstić information content (AvgIpc) is 3.57. The summed E-state index contributed by atoms with van der Waals surface area (Å²) in [6.45, 7) is 2.08. The van der Waals surface area contributed by atoms with Crippen LogP contribution in [-0.4, -0.2) is 24.9 Å². The maximum absolute atomic E-state index is 14.1. The number of hydrogen-bond acceptors (Lipinski definition) is 5. The molecule has 5 aromatic rings. The lowest BCUT2D eigenvalue weighted by Crippen LogP contribution is -2.30. The molecule has 0 radical (unpaired) electrons. The van der Waals surface area contributed by atoms with E-state index in [9.17, 15) is 9.18 Å². The maximum atomic E-state index is 14.1. The Morgan fingerprint density at radius 1 is 0.952 bits per heavy atom. The Labute approximate surface area is 253 Å². The van der Waals surface area contributed by atoms with Crippen molar-refractivity contribution >= 4 is 40.3 Å². The van der Waals surface area contributed by atoms with Gasteiger partial charge >= 0.3 is 0 Å². The Kier molecular flexibility index (Phi) is 7.99. The molecule has 1 amide bonds. The van der Waals surface area contributed by atoms with E-state index in [1.54, 1.807) is 27.8 Å². The Balaban J connectivity index is 1.34. The summed E-state index contributed by atoms with van der Waals surface area (Å²) in [5, 5.41) is 4.90. The number of thioether (sulfide) groups is 1. The van der Waals surface area contributed by atoms with Crippen LogP contribution in [-0.2, 0) is 11.4 Å². The van der Waals surface area contributed by atoms with E-state index in [1.807, 2.05) is 104 Å². The molecule has 1 aromatic heterocycles. The summed E-state index contributed by atoms with van der Waals surface area (Å²) < 4.78 is 22.4. The van der Waals surface area contributed by atoms with Crippen LogP contribution in [0.4, 0.5) is 4.39 Å². The highest BCUT2D eigenvalue weighted by atomic mass is 32.2. The molecular formula is C34H26FN3O2S2. The summed E-state index contributed by atoms with van der Waals surface area (Å²) in [6, 6.07) is 33.5. The molecule has 1 fully saturated rings. The number of para-hydroxylation sites is 1. The smallest absolute Gasteiger partial charge is 0.266 e. The first-order valence-corrected chi connectivity index (χ1v) is 14.6. The minimum absolute atomic E-state index is 0.101. The van der Waals surface area contributed by atoms with Crippen LogP contribution in [0.15, 0.2) is 120 Å². The topological polar surface area (TPSA) is 47.4 Å². The number of amides is 1. The number of aromatic nitrogens is 2. The van der Waals surface area contributed by atoms with Crippen LogP contribution in [0.5, 0.6) is 5.75 Å². The lowest BCUT2D eigenvalue weighted by atomic mass is 10.1.